The van der Waals surface area contributed by atoms with E-state index in [1.807, 2.05) is 72.4 Å². The molecule has 2 heterocycles. The largest absolute Gasteiger partial charge is 0.494 e. The van der Waals surface area contributed by atoms with Crippen LogP contribution in [-0.4, -0.2) is 26.6 Å². The van der Waals surface area contributed by atoms with Crippen LogP contribution in [0.2, 0.25) is 5.02 Å². The van der Waals surface area contributed by atoms with Crippen molar-refractivity contribution in [2.24, 2.45) is 0 Å². The molecule has 0 N–H and O–H groups in total. The van der Waals surface area contributed by atoms with Gasteiger partial charge in [0.15, 0.2) is 0 Å². The zero-order chi connectivity index (χ0) is 18.8. The van der Waals surface area contributed by atoms with E-state index in [-0.39, 0.29) is 0 Å². The Hall–Kier alpha value is -2.70. The molecular weight excluding hydrogens is 380 g/mol. The number of nitrogens with zero attached hydrogens (tertiary/aromatic N) is 4. The smallest absolute Gasteiger partial charge is 0.146 e. The van der Waals surface area contributed by atoms with Gasteiger partial charge in [0.25, 0.3) is 0 Å². The molecule has 0 fully saturated rings. The van der Waals surface area contributed by atoms with E-state index < -0.39 is 0 Å². The highest BCUT2D eigenvalue weighted by molar-refractivity contribution is 7.13. The van der Waals surface area contributed by atoms with Gasteiger partial charge in [0.2, 0.25) is 0 Å². The second kappa shape index (κ2) is 7.50. The van der Waals surface area contributed by atoms with E-state index in [0.29, 0.717) is 11.6 Å². The molecule has 0 aliphatic carbocycles. The Kier molecular flexibility index (Phi) is 4.92. The fourth-order valence-electron chi connectivity index (χ4n) is 2.79. The van der Waals surface area contributed by atoms with Crippen molar-refractivity contribution >= 4 is 22.9 Å². The molecule has 136 valence electrons. The van der Waals surface area contributed by atoms with Gasteiger partial charge in [-0.15, -0.1) is 16.4 Å². The summed E-state index contributed by atoms with van der Waals surface area (Å²) in [5.41, 5.74) is 4.52. The Bertz CT molecular complexity index is 1070. The minimum atomic E-state index is 0.644. The van der Waals surface area contributed by atoms with Crippen molar-refractivity contribution in [3.05, 3.63) is 64.6 Å². The predicted molar refractivity (Wildman–Crippen MR) is 109 cm³/mol. The molecule has 2 aromatic heterocycles. The number of hydrogen-bond acceptors (Lipinski definition) is 5. The highest BCUT2D eigenvalue weighted by Gasteiger charge is 2.16. The molecule has 5 nitrogen and oxygen atoms in total. The molecule has 0 unspecified atom stereocenters. The first-order chi connectivity index (χ1) is 13.2. The van der Waals surface area contributed by atoms with Crippen LogP contribution in [0.15, 0.2) is 53.9 Å². The van der Waals surface area contributed by atoms with Crippen molar-refractivity contribution in [3.8, 4) is 33.4 Å². The molecule has 0 spiro atoms. The van der Waals surface area contributed by atoms with Crippen molar-refractivity contribution in [2.45, 2.75) is 13.8 Å². The van der Waals surface area contributed by atoms with Crippen LogP contribution >= 0.6 is 22.9 Å². The number of hydrogen-bond donors (Lipinski definition) is 0. The number of rotatable bonds is 5. The van der Waals surface area contributed by atoms with E-state index >= 15 is 0 Å². The van der Waals surface area contributed by atoms with Crippen molar-refractivity contribution in [2.75, 3.05) is 6.61 Å². The summed E-state index contributed by atoms with van der Waals surface area (Å²) >= 11 is 7.63. The fourth-order valence-corrected chi connectivity index (χ4v) is 3.84. The van der Waals surface area contributed by atoms with Crippen LogP contribution in [0.3, 0.4) is 0 Å². The van der Waals surface area contributed by atoms with Gasteiger partial charge in [0, 0.05) is 16.0 Å². The van der Waals surface area contributed by atoms with Crippen LogP contribution in [0, 0.1) is 6.92 Å². The van der Waals surface area contributed by atoms with Gasteiger partial charge in [-0.3, -0.25) is 0 Å². The normalized spacial score (nSPS) is 10.9. The summed E-state index contributed by atoms with van der Waals surface area (Å²) in [4.78, 5) is 4.72. The molecule has 0 radical (unpaired) electrons. The molecule has 0 amide bonds. The number of ether oxygens (including phenoxy) is 1. The first-order valence-electron chi connectivity index (χ1n) is 8.53. The second-order valence-electron chi connectivity index (χ2n) is 5.91. The summed E-state index contributed by atoms with van der Waals surface area (Å²) in [6.07, 6.45) is 0. The van der Waals surface area contributed by atoms with E-state index in [9.17, 15) is 0 Å². The predicted octanol–water partition coefficient (Wildman–Crippen LogP) is 5.42. The molecule has 0 bridgehead atoms. The van der Waals surface area contributed by atoms with E-state index in [4.69, 9.17) is 21.3 Å². The molecule has 0 aliphatic heterocycles. The summed E-state index contributed by atoms with van der Waals surface area (Å²) in [5.74, 6) is 0.838. The van der Waals surface area contributed by atoms with Gasteiger partial charge in [0.05, 0.1) is 23.7 Å². The maximum absolute atomic E-state index is 6.09. The lowest BCUT2D eigenvalue weighted by molar-refractivity contribution is 0.340. The Morgan fingerprint density at radius 1 is 1.15 bits per heavy atom. The van der Waals surface area contributed by atoms with Crippen LogP contribution in [0.4, 0.5) is 0 Å². The molecule has 0 atom stereocenters. The Morgan fingerprint density at radius 3 is 2.70 bits per heavy atom. The maximum atomic E-state index is 6.09. The molecule has 0 aliphatic rings. The molecule has 7 heteroatoms. The lowest BCUT2D eigenvalue weighted by Gasteiger charge is -2.06. The first kappa shape index (κ1) is 17.7. The van der Waals surface area contributed by atoms with Crippen LogP contribution < -0.4 is 4.74 Å². The molecule has 2 aromatic carbocycles. The SMILES string of the molecule is CCOc1ccc(-n2nnc(-c3nc(-c4cccc(Cl)c4)cs3)c2C)cc1. The van der Waals surface area contributed by atoms with Gasteiger partial charge >= 0.3 is 0 Å². The van der Waals surface area contributed by atoms with Gasteiger partial charge < -0.3 is 4.74 Å². The summed E-state index contributed by atoms with van der Waals surface area (Å²) in [6.45, 7) is 4.60. The molecular formula is C20H17ClN4OS. The lowest BCUT2D eigenvalue weighted by atomic mass is 10.2. The third-order valence-electron chi connectivity index (χ3n) is 4.11. The third-order valence-corrected chi connectivity index (χ3v) is 5.20. The highest BCUT2D eigenvalue weighted by atomic mass is 35.5. The van der Waals surface area contributed by atoms with E-state index in [0.717, 1.165) is 39.1 Å². The lowest BCUT2D eigenvalue weighted by Crippen LogP contribution is -1.99. The number of benzene rings is 2. The van der Waals surface area contributed by atoms with Crippen LogP contribution in [-0.2, 0) is 0 Å². The average Bonchev–Trinajstić information content (AvgIpc) is 3.30. The second-order valence-corrected chi connectivity index (χ2v) is 7.20. The Labute approximate surface area is 166 Å². The van der Waals surface area contributed by atoms with Gasteiger partial charge in [-0.05, 0) is 50.2 Å². The summed E-state index contributed by atoms with van der Waals surface area (Å²) in [7, 11) is 0. The van der Waals surface area contributed by atoms with Crippen LogP contribution in [0.25, 0.3) is 27.6 Å². The summed E-state index contributed by atoms with van der Waals surface area (Å²) in [6, 6.07) is 15.5. The zero-order valence-electron chi connectivity index (χ0n) is 14.9. The minimum absolute atomic E-state index is 0.644. The van der Waals surface area contributed by atoms with E-state index in [1.54, 1.807) is 11.3 Å². The van der Waals surface area contributed by atoms with Crippen molar-refractivity contribution in [1.82, 2.24) is 20.0 Å². The Balaban J connectivity index is 1.64. The topological polar surface area (TPSA) is 52.8 Å². The van der Waals surface area contributed by atoms with E-state index in [1.165, 1.54) is 0 Å². The Morgan fingerprint density at radius 2 is 1.96 bits per heavy atom. The molecule has 4 rings (SSSR count). The zero-order valence-corrected chi connectivity index (χ0v) is 16.5. The standard InChI is InChI=1S/C20H17ClN4OS/c1-3-26-17-9-7-16(8-10-17)25-13(2)19(23-24-25)20-22-18(12-27-20)14-5-4-6-15(21)11-14/h4-12H,3H2,1-2H3. The van der Waals surface area contributed by atoms with Gasteiger partial charge in [-0.1, -0.05) is 28.9 Å². The average molecular weight is 397 g/mol. The fraction of sp³-hybridized carbons (Fsp3) is 0.150. The maximum Gasteiger partial charge on any atom is 0.146 e. The molecule has 0 saturated heterocycles. The first-order valence-corrected chi connectivity index (χ1v) is 9.79. The number of aromatic nitrogens is 4. The number of halogens is 1. The van der Waals surface area contributed by atoms with Crippen LogP contribution in [0.5, 0.6) is 5.75 Å². The monoisotopic (exact) mass is 396 g/mol. The molecule has 4 aromatic rings. The van der Waals surface area contributed by atoms with Crippen LogP contribution in [0.1, 0.15) is 12.6 Å². The minimum Gasteiger partial charge on any atom is -0.494 e. The third kappa shape index (κ3) is 3.59. The van der Waals surface area contributed by atoms with Crippen molar-refractivity contribution in [3.63, 3.8) is 0 Å². The van der Waals surface area contributed by atoms with Gasteiger partial charge in [-0.2, -0.15) is 0 Å². The number of thiazole rings is 1. The highest BCUT2D eigenvalue weighted by Crippen LogP contribution is 2.31. The van der Waals surface area contributed by atoms with Crippen molar-refractivity contribution in [1.29, 1.82) is 0 Å². The molecule has 27 heavy (non-hydrogen) atoms. The summed E-state index contributed by atoms with van der Waals surface area (Å²) < 4.78 is 7.30. The summed E-state index contributed by atoms with van der Waals surface area (Å²) in [5, 5.41) is 12.2. The van der Waals surface area contributed by atoms with Gasteiger partial charge in [0.1, 0.15) is 16.5 Å². The quantitative estimate of drug-likeness (QED) is 0.452. The molecule has 0 saturated carbocycles. The van der Waals surface area contributed by atoms with Crippen molar-refractivity contribution < 1.29 is 4.74 Å². The van der Waals surface area contributed by atoms with Gasteiger partial charge in [-0.25, -0.2) is 9.67 Å². The van der Waals surface area contributed by atoms with E-state index in [2.05, 4.69) is 10.3 Å².